The predicted molar refractivity (Wildman–Crippen MR) is 146 cm³/mol. The molecule has 0 bridgehead atoms. The van der Waals surface area contributed by atoms with Gasteiger partial charge in [0, 0.05) is 5.69 Å². The van der Waals surface area contributed by atoms with Crippen molar-refractivity contribution < 1.29 is 22.5 Å². The minimum absolute atomic E-state index is 0.0184. The number of benzene rings is 1. The Balaban J connectivity index is 1.56. The molecule has 2 aliphatic carbocycles. The highest BCUT2D eigenvalue weighted by atomic mass is 32.2. The molecule has 1 aromatic heterocycles. The number of nitrogens with one attached hydrogen (secondary N) is 2. The molecular weight excluding hydrogens is 528 g/mol. The summed E-state index contributed by atoms with van der Waals surface area (Å²) in [6.45, 7) is 10.6. The van der Waals surface area contributed by atoms with Crippen molar-refractivity contribution in [2.75, 3.05) is 11.9 Å². The molecule has 2 unspecified atom stereocenters. The Kier molecular flexibility index (Phi) is 6.45. The Morgan fingerprint density at radius 2 is 2.00 bits per heavy atom. The number of hydrogen-bond acceptors (Lipinski definition) is 5. The minimum Gasteiger partial charge on any atom is -0.470 e. The maximum absolute atomic E-state index is 14.7. The zero-order valence-electron chi connectivity index (χ0n) is 22.9. The molecule has 0 fully saturated rings. The van der Waals surface area contributed by atoms with Gasteiger partial charge in [-0.05, 0) is 78.4 Å². The summed E-state index contributed by atoms with van der Waals surface area (Å²) in [4.78, 5) is 13.6. The molecule has 12 heteroatoms. The van der Waals surface area contributed by atoms with Gasteiger partial charge in [0.15, 0.2) is 24.8 Å². The fraction of sp³-hybridized carbons (Fsp3) is 0.615. The molecule has 0 spiro atoms. The standard InChI is InChI=1S/C26H37F2N5O3SSi/c1-16-10-11-18-12-17-8-7-9-19(17)22(21(16)18)30-24(34)31-37(35,32-38(5,6)25(2,3)4)20-13-29-33-14-26(27,28)15-36-23(20)33/h12-13,16H,7-11,14-15H2,1-6H3,(H2,30,31,32,34,35). The summed E-state index contributed by atoms with van der Waals surface area (Å²) in [7, 11) is -6.24. The molecule has 2 atom stereocenters. The number of aryl methyl sites for hydroxylation is 2. The van der Waals surface area contributed by atoms with Gasteiger partial charge in [0.05, 0.1) is 6.20 Å². The van der Waals surface area contributed by atoms with Crippen molar-refractivity contribution in [2.24, 2.45) is 4.03 Å². The fourth-order valence-electron chi connectivity index (χ4n) is 5.35. The maximum atomic E-state index is 14.7. The SMILES string of the molecule is CC1CCc2cc3c(c(NC(=O)NS(=O)(=N[Si](C)(C)C(C)(C)C)c4cnn5c4OCC(F)(F)C5)c21)CCC3. The molecule has 1 aliphatic heterocycles. The van der Waals surface area contributed by atoms with E-state index in [0.717, 1.165) is 53.6 Å². The second-order valence-corrected chi connectivity index (χ2v) is 19.4. The minimum atomic E-state index is -3.63. The second-order valence-electron chi connectivity index (χ2n) is 12.4. The fourth-order valence-corrected chi connectivity index (χ4v) is 10.6. The van der Waals surface area contributed by atoms with Gasteiger partial charge in [-0.3, -0.25) is 4.03 Å². The number of hydrogen-bond donors (Lipinski definition) is 2. The molecule has 0 saturated carbocycles. The Hall–Kier alpha value is -2.47. The van der Waals surface area contributed by atoms with Crippen LogP contribution in [0.15, 0.2) is 21.2 Å². The summed E-state index contributed by atoms with van der Waals surface area (Å²) in [5, 5.41) is 6.78. The summed E-state index contributed by atoms with van der Waals surface area (Å²) in [6.07, 6.45) is 6.13. The molecule has 3 aliphatic rings. The molecule has 2 aromatic rings. The van der Waals surface area contributed by atoms with Crippen LogP contribution < -0.4 is 14.8 Å². The number of urea groups is 1. The largest absolute Gasteiger partial charge is 0.470 e. The average molecular weight is 566 g/mol. The van der Waals surface area contributed by atoms with E-state index in [1.165, 1.54) is 17.3 Å². The monoisotopic (exact) mass is 565 g/mol. The number of halogens is 2. The third-order valence-electron chi connectivity index (χ3n) is 8.39. The van der Waals surface area contributed by atoms with Crippen LogP contribution in [0.4, 0.5) is 19.3 Å². The van der Waals surface area contributed by atoms with Gasteiger partial charge in [0.2, 0.25) is 5.88 Å². The van der Waals surface area contributed by atoms with Crippen molar-refractivity contribution in [3.8, 4) is 5.88 Å². The number of aromatic nitrogens is 2. The second kappa shape index (κ2) is 9.04. The van der Waals surface area contributed by atoms with Crippen molar-refractivity contribution in [3.63, 3.8) is 0 Å². The van der Waals surface area contributed by atoms with E-state index in [1.54, 1.807) is 0 Å². The Labute approximate surface area is 224 Å². The lowest BCUT2D eigenvalue weighted by molar-refractivity contribution is -0.0805. The van der Waals surface area contributed by atoms with Crippen LogP contribution >= 0.6 is 0 Å². The van der Waals surface area contributed by atoms with Crippen LogP contribution in [-0.2, 0) is 35.7 Å². The summed E-state index contributed by atoms with van der Waals surface area (Å²) >= 11 is 0. The Morgan fingerprint density at radius 1 is 1.26 bits per heavy atom. The van der Waals surface area contributed by atoms with Crippen LogP contribution in [0.5, 0.6) is 5.88 Å². The molecular formula is C26H37F2N5O3SSi. The van der Waals surface area contributed by atoms with Crippen LogP contribution in [0.2, 0.25) is 18.1 Å². The highest BCUT2D eigenvalue weighted by Crippen LogP contribution is 2.44. The lowest BCUT2D eigenvalue weighted by atomic mass is 9.95. The number of carbonyl (C=O) groups excluding carboxylic acids is 1. The topological polar surface area (TPSA) is 97.6 Å². The molecule has 2 N–H and O–H groups in total. The van der Waals surface area contributed by atoms with E-state index in [4.69, 9.17) is 8.77 Å². The number of alkyl halides is 2. The van der Waals surface area contributed by atoms with Crippen LogP contribution in [0.25, 0.3) is 0 Å². The van der Waals surface area contributed by atoms with E-state index in [0.29, 0.717) is 5.92 Å². The van der Waals surface area contributed by atoms with Gasteiger partial charge < -0.3 is 10.1 Å². The normalized spacial score (nSPS) is 21.5. The predicted octanol–water partition coefficient (Wildman–Crippen LogP) is 6.02. The first-order valence-electron chi connectivity index (χ1n) is 13.2. The number of fused-ring (bicyclic) bond motifs is 3. The summed E-state index contributed by atoms with van der Waals surface area (Å²) in [6, 6.07) is 1.65. The molecule has 0 radical (unpaired) electrons. The van der Waals surface area contributed by atoms with Gasteiger partial charge in [-0.1, -0.05) is 33.8 Å². The number of rotatable bonds is 4. The molecule has 208 valence electrons. The summed E-state index contributed by atoms with van der Waals surface area (Å²) < 4.78 is 56.4. The van der Waals surface area contributed by atoms with Gasteiger partial charge in [-0.2, -0.15) is 5.10 Å². The van der Waals surface area contributed by atoms with Gasteiger partial charge in [0.25, 0.3) is 0 Å². The smallest absolute Gasteiger partial charge is 0.331 e. The van der Waals surface area contributed by atoms with E-state index < -0.39 is 43.3 Å². The number of nitrogens with zero attached hydrogens (tertiary/aromatic N) is 3. The Morgan fingerprint density at radius 3 is 2.71 bits per heavy atom. The van der Waals surface area contributed by atoms with Crippen molar-refractivity contribution in [1.82, 2.24) is 14.5 Å². The average Bonchev–Trinajstić information content (AvgIpc) is 3.50. The van der Waals surface area contributed by atoms with E-state index in [2.05, 4.69) is 28.1 Å². The van der Waals surface area contributed by atoms with E-state index in [-0.39, 0.29) is 15.8 Å². The van der Waals surface area contributed by atoms with Crippen LogP contribution in [0.3, 0.4) is 0 Å². The van der Waals surface area contributed by atoms with Crippen molar-refractivity contribution in [1.29, 1.82) is 0 Å². The molecule has 0 saturated heterocycles. The first-order valence-corrected chi connectivity index (χ1v) is 17.7. The molecule has 2 heterocycles. The quantitative estimate of drug-likeness (QED) is 0.443. The lowest BCUT2D eigenvalue weighted by Gasteiger charge is -2.33. The van der Waals surface area contributed by atoms with E-state index >= 15 is 0 Å². The van der Waals surface area contributed by atoms with Crippen LogP contribution in [0.1, 0.15) is 68.7 Å². The highest BCUT2D eigenvalue weighted by Gasteiger charge is 2.42. The van der Waals surface area contributed by atoms with Crippen molar-refractivity contribution in [2.45, 2.75) is 101 Å². The van der Waals surface area contributed by atoms with Crippen LogP contribution in [-0.4, -0.2) is 40.8 Å². The first-order chi connectivity index (χ1) is 17.6. The van der Waals surface area contributed by atoms with Gasteiger partial charge in [0.1, 0.15) is 11.4 Å². The maximum Gasteiger partial charge on any atom is 0.331 e. The van der Waals surface area contributed by atoms with Gasteiger partial charge >= 0.3 is 12.0 Å². The molecule has 2 amide bonds. The molecule has 5 rings (SSSR count). The number of ether oxygens (including phenoxy) is 1. The van der Waals surface area contributed by atoms with Crippen molar-refractivity contribution in [3.05, 3.63) is 34.5 Å². The molecule has 38 heavy (non-hydrogen) atoms. The lowest BCUT2D eigenvalue weighted by Crippen LogP contribution is -2.42. The van der Waals surface area contributed by atoms with E-state index in [9.17, 15) is 17.8 Å². The first kappa shape index (κ1) is 27.1. The number of carbonyl (C=O) groups is 1. The van der Waals surface area contributed by atoms with Crippen LogP contribution in [0, 0.1) is 0 Å². The van der Waals surface area contributed by atoms with Gasteiger partial charge in [-0.15, -0.1) is 0 Å². The van der Waals surface area contributed by atoms with E-state index in [1.807, 2.05) is 33.9 Å². The number of amides is 2. The molecule has 1 aromatic carbocycles. The highest BCUT2D eigenvalue weighted by molar-refractivity contribution is 7.93. The van der Waals surface area contributed by atoms with Gasteiger partial charge in [-0.25, -0.2) is 27.2 Å². The van der Waals surface area contributed by atoms with Crippen molar-refractivity contribution >= 4 is 29.9 Å². The zero-order chi connectivity index (χ0) is 27.7. The third-order valence-corrected chi connectivity index (χ3v) is 16.2. The zero-order valence-corrected chi connectivity index (χ0v) is 24.7. The third kappa shape index (κ3) is 4.74. The summed E-state index contributed by atoms with van der Waals surface area (Å²) in [5.74, 6) is -2.83. The number of anilines is 1. The Bertz CT molecular complexity index is 1420. The molecule has 8 nitrogen and oxygen atoms in total. The summed E-state index contributed by atoms with van der Waals surface area (Å²) in [5.41, 5.74) is 5.65.